The first-order chi connectivity index (χ1) is 13.6. The van der Waals surface area contributed by atoms with Gasteiger partial charge < -0.3 is 20.1 Å². The minimum atomic E-state index is -3.69. The fourth-order valence-electron chi connectivity index (χ4n) is 4.06. The number of amides is 2. The molecule has 0 aromatic carbocycles. The molecule has 0 bridgehead atoms. The van der Waals surface area contributed by atoms with Gasteiger partial charge in [-0.2, -0.15) is 5.26 Å². The summed E-state index contributed by atoms with van der Waals surface area (Å²) in [4.78, 5) is 39.9. The van der Waals surface area contributed by atoms with Gasteiger partial charge in [-0.15, -0.1) is 0 Å². The molecule has 1 saturated heterocycles. The van der Waals surface area contributed by atoms with Gasteiger partial charge >= 0.3 is 5.97 Å². The van der Waals surface area contributed by atoms with Crippen molar-refractivity contribution >= 4 is 27.6 Å². The minimum absolute atomic E-state index is 0.141. The number of nitriles is 1. The molecule has 0 radical (unpaired) electrons. The molecule has 2 N–H and O–H groups in total. The summed E-state index contributed by atoms with van der Waals surface area (Å²) in [5, 5.41) is 7.63. The SMILES string of the molecule is CC(C)CS(=O)(=O)[C@@H]1C[C@@H](C(=O)N2CCOCC2)[C@](C(N)=O)(C(=O)OCC#N)C1. The topological polar surface area (TPSA) is 157 Å². The highest BCUT2D eigenvalue weighted by Gasteiger charge is 2.63. The maximum absolute atomic E-state index is 13.2. The van der Waals surface area contributed by atoms with Crippen LogP contribution >= 0.6 is 0 Å². The average molecular weight is 429 g/mol. The number of nitrogens with two attached hydrogens (primary N) is 1. The van der Waals surface area contributed by atoms with Crippen molar-refractivity contribution in [1.82, 2.24) is 4.90 Å². The third-order valence-corrected chi connectivity index (χ3v) is 7.92. The van der Waals surface area contributed by atoms with Gasteiger partial charge in [0, 0.05) is 13.1 Å². The number of sulfone groups is 1. The number of hydrogen-bond acceptors (Lipinski definition) is 8. The molecule has 2 fully saturated rings. The van der Waals surface area contributed by atoms with Gasteiger partial charge in [0.1, 0.15) is 6.07 Å². The first-order valence-electron chi connectivity index (χ1n) is 9.48. The van der Waals surface area contributed by atoms with Crippen LogP contribution in [0, 0.1) is 28.6 Å². The summed E-state index contributed by atoms with van der Waals surface area (Å²) < 4.78 is 35.7. The van der Waals surface area contributed by atoms with E-state index in [-0.39, 0.29) is 31.2 Å². The quantitative estimate of drug-likeness (QED) is 0.408. The number of nitrogens with zero attached hydrogens (tertiary/aromatic N) is 2. The van der Waals surface area contributed by atoms with Gasteiger partial charge in [-0.25, -0.2) is 8.42 Å². The molecule has 2 rings (SSSR count). The van der Waals surface area contributed by atoms with E-state index in [9.17, 15) is 22.8 Å². The van der Waals surface area contributed by atoms with Gasteiger partial charge in [0.25, 0.3) is 0 Å². The van der Waals surface area contributed by atoms with Crippen molar-refractivity contribution in [3.05, 3.63) is 0 Å². The van der Waals surface area contributed by atoms with Crippen molar-refractivity contribution in [3.63, 3.8) is 0 Å². The monoisotopic (exact) mass is 429 g/mol. The molecular formula is C18H27N3O7S. The fraction of sp³-hybridized carbons (Fsp3) is 0.778. The third-order valence-electron chi connectivity index (χ3n) is 5.41. The van der Waals surface area contributed by atoms with E-state index in [0.29, 0.717) is 13.2 Å². The van der Waals surface area contributed by atoms with E-state index in [1.165, 1.54) is 4.90 Å². The van der Waals surface area contributed by atoms with Crippen LogP contribution in [0.3, 0.4) is 0 Å². The molecule has 10 nitrogen and oxygen atoms in total. The van der Waals surface area contributed by atoms with Crippen molar-refractivity contribution in [1.29, 1.82) is 5.26 Å². The molecule has 1 aliphatic heterocycles. The van der Waals surface area contributed by atoms with Crippen molar-refractivity contribution in [2.45, 2.75) is 31.9 Å². The Balaban J connectivity index is 2.46. The zero-order valence-corrected chi connectivity index (χ0v) is 17.4. The first-order valence-corrected chi connectivity index (χ1v) is 11.2. The molecule has 29 heavy (non-hydrogen) atoms. The number of carbonyl (C=O) groups excluding carboxylic acids is 3. The molecule has 0 unspecified atom stereocenters. The first kappa shape index (κ1) is 23.1. The van der Waals surface area contributed by atoms with Crippen LogP contribution < -0.4 is 5.73 Å². The Labute approximate surface area is 170 Å². The lowest BCUT2D eigenvalue weighted by Crippen LogP contribution is -2.54. The van der Waals surface area contributed by atoms with E-state index in [4.69, 9.17) is 20.5 Å². The second-order valence-electron chi connectivity index (χ2n) is 7.85. The predicted molar refractivity (Wildman–Crippen MR) is 101 cm³/mol. The summed E-state index contributed by atoms with van der Waals surface area (Å²) in [5.74, 6) is -4.34. The average Bonchev–Trinajstić information content (AvgIpc) is 3.08. The molecule has 162 valence electrons. The molecule has 2 amide bonds. The van der Waals surface area contributed by atoms with Crippen molar-refractivity contribution in [3.8, 4) is 6.07 Å². The summed E-state index contributed by atoms with van der Waals surface area (Å²) in [7, 11) is -3.69. The molecule has 0 aromatic heterocycles. The van der Waals surface area contributed by atoms with Crippen molar-refractivity contribution < 1.29 is 32.3 Å². The van der Waals surface area contributed by atoms with E-state index in [1.807, 2.05) is 0 Å². The number of esters is 1. The second kappa shape index (κ2) is 9.09. The van der Waals surface area contributed by atoms with Gasteiger partial charge in [-0.1, -0.05) is 13.8 Å². The van der Waals surface area contributed by atoms with Crippen molar-refractivity contribution in [2.24, 2.45) is 23.0 Å². The highest BCUT2D eigenvalue weighted by molar-refractivity contribution is 7.92. The Morgan fingerprint density at radius 1 is 1.31 bits per heavy atom. The van der Waals surface area contributed by atoms with Crippen molar-refractivity contribution in [2.75, 3.05) is 38.7 Å². The Morgan fingerprint density at radius 3 is 2.45 bits per heavy atom. The third kappa shape index (κ3) is 4.70. The Morgan fingerprint density at radius 2 is 1.93 bits per heavy atom. The molecule has 3 atom stereocenters. The lowest BCUT2D eigenvalue weighted by atomic mass is 9.76. The van der Waals surface area contributed by atoms with Crippen LogP contribution in [0.4, 0.5) is 0 Å². The number of carbonyl (C=O) groups is 3. The summed E-state index contributed by atoms with van der Waals surface area (Å²) in [5.41, 5.74) is 3.43. The molecule has 1 aliphatic carbocycles. The Bertz CT molecular complexity index is 799. The van der Waals surface area contributed by atoms with Gasteiger partial charge in [0.15, 0.2) is 21.9 Å². The van der Waals surface area contributed by atoms with Crippen LogP contribution in [-0.4, -0.2) is 75.0 Å². The van der Waals surface area contributed by atoms with E-state index < -0.39 is 57.2 Å². The summed E-state index contributed by atoms with van der Waals surface area (Å²) in [6, 6.07) is 1.63. The maximum atomic E-state index is 13.2. The van der Waals surface area contributed by atoms with E-state index in [1.54, 1.807) is 19.9 Å². The van der Waals surface area contributed by atoms with Crippen LogP contribution in [0.15, 0.2) is 0 Å². The zero-order valence-electron chi connectivity index (χ0n) is 16.6. The van der Waals surface area contributed by atoms with Crippen LogP contribution in [-0.2, 0) is 33.7 Å². The molecular weight excluding hydrogens is 402 g/mol. The molecule has 1 heterocycles. The van der Waals surface area contributed by atoms with Gasteiger partial charge in [0.05, 0.1) is 30.1 Å². The number of rotatable bonds is 7. The normalized spacial score (nSPS) is 27.4. The van der Waals surface area contributed by atoms with E-state index >= 15 is 0 Å². The zero-order chi connectivity index (χ0) is 21.8. The standard InChI is InChI=1S/C18H27N3O7S/c1-12(2)11-29(25,26)13-9-14(15(22)21-4-7-27-8-5-21)18(10-13,16(20)23)17(24)28-6-3-19/h12-14H,4-11H2,1-2H3,(H2,20,23)/t13-,14+,18-/m1/s1. The largest absolute Gasteiger partial charge is 0.449 e. The lowest BCUT2D eigenvalue weighted by Gasteiger charge is -2.34. The Hall–Kier alpha value is -2.19. The number of ether oxygens (including phenoxy) is 2. The van der Waals surface area contributed by atoms with E-state index in [0.717, 1.165) is 0 Å². The van der Waals surface area contributed by atoms with Crippen LogP contribution in [0.2, 0.25) is 0 Å². The number of hydrogen-bond donors (Lipinski definition) is 1. The Kier molecular flexibility index (Phi) is 7.24. The summed E-state index contributed by atoms with van der Waals surface area (Å²) >= 11 is 0. The van der Waals surface area contributed by atoms with Crippen LogP contribution in [0.25, 0.3) is 0 Å². The van der Waals surface area contributed by atoms with Gasteiger partial charge in [-0.05, 0) is 18.8 Å². The molecule has 11 heteroatoms. The maximum Gasteiger partial charge on any atom is 0.323 e. The molecule has 2 aliphatic rings. The molecule has 1 saturated carbocycles. The van der Waals surface area contributed by atoms with E-state index in [2.05, 4.69) is 0 Å². The second-order valence-corrected chi connectivity index (χ2v) is 10.2. The number of morpholine rings is 1. The molecule has 0 aromatic rings. The lowest BCUT2D eigenvalue weighted by molar-refractivity contribution is -0.167. The minimum Gasteiger partial charge on any atom is -0.449 e. The highest BCUT2D eigenvalue weighted by Crippen LogP contribution is 2.48. The number of primary amides is 1. The van der Waals surface area contributed by atoms with Gasteiger partial charge in [-0.3, -0.25) is 14.4 Å². The fourth-order valence-corrected chi connectivity index (χ4v) is 6.27. The molecule has 0 spiro atoms. The van der Waals surface area contributed by atoms with Crippen LogP contribution in [0.5, 0.6) is 0 Å². The predicted octanol–water partition coefficient (Wildman–Crippen LogP) is -0.767. The summed E-state index contributed by atoms with van der Waals surface area (Å²) in [6.45, 7) is 3.99. The summed E-state index contributed by atoms with van der Waals surface area (Å²) in [6.07, 6.45) is -0.627. The highest BCUT2D eigenvalue weighted by atomic mass is 32.2. The van der Waals surface area contributed by atoms with Gasteiger partial charge in [0.2, 0.25) is 11.8 Å². The van der Waals surface area contributed by atoms with Crippen LogP contribution in [0.1, 0.15) is 26.7 Å². The smallest absolute Gasteiger partial charge is 0.323 e.